The van der Waals surface area contributed by atoms with Gasteiger partial charge in [0.25, 0.3) is 0 Å². The molecular weight excluding hydrogens is 204 g/mol. The molecular formula is C12H16N2O2. The molecule has 0 atom stereocenters. The van der Waals surface area contributed by atoms with Crippen molar-refractivity contribution in [2.75, 3.05) is 0 Å². The third-order valence-corrected chi connectivity index (χ3v) is 3.28. The molecule has 86 valence electrons. The highest BCUT2D eigenvalue weighted by Gasteiger charge is 2.23. The zero-order valence-electron chi connectivity index (χ0n) is 9.26. The van der Waals surface area contributed by atoms with Gasteiger partial charge in [0.15, 0.2) is 0 Å². The summed E-state index contributed by atoms with van der Waals surface area (Å²) in [6.45, 7) is 0. The summed E-state index contributed by atoms with van der Waals surface area (Å²) < 4.78 is 0. The van der Waals surface area contributed by atoms with E-state index in [1.54, 1.807) is 6.07 Å². The van der Waals surface area contributed by atoms with Gasteiger partial charge in [-0.3, -0.25) is 0 Å². The molecule has 0 bridgehead atoms. The van der Waals surface area contributed by atoms with Crippen LogP contribution in [-0.4, -0.2) is 9.91 Å². The van der Waals surface area contributed by atoms with Crippen molar-refractivity contribution < 1.29 is 4.92 Å². The van der Waals surface area contributed by atoms with Crippen LogP contribution in [0.15, 0.2) is 18.3 Å². The molecule has 0 N–H and O–H groups in total. The van der Waals surface area contributed by atoms with E-state index in [4.69, 9.17) is 0 Å². The van der Waals surface area contributed by atoms with E-state index in [9.17, 15) is 10.1 Å². The lowest BCUT2D eigenvalue weighted by Crippen LogP contribution is -2.04. The Kier molecular flexibility index (Phi) is 3.49. The molecule has 0 spiro atoms. The highest BCUT2D eigenvalue weighted by Crippen LogP contribution is 2.35. The zero-order chi connectivity index (χ0) is 11.4. The minimum Gasteiger partial charge on any atom is -0.358 e. The number of pyridine rings is 1. The van der Waals surface area contributed by atoms with E-state index in [1.165, 1.54) is 31.9 Å². The van der Waals surface area contributed by atoms with Crippen LogP contribution in [0.2, 0.25) is 0 Å². The maximum absolute atomic E-state index is 10.9. The van der Waals surface area contributed by atoms with Crippen molar-refractivity contribution in [3.8, 4) is 0 Å². The van der Waals surface area contributed by atoms with Crippen molar-refractivity contribution in [1.82, 2.24) is 4.98 Å². The molecule has 1 heterocycles. The van der Waals surface area contributed by atoms with Crippen LogP contribution in [0.5, 0.6) is 0 Å². The van der Waals surface area contributed by atoms with Gasteiger partial charge in [0.05, 0.1) is 5.56 Å². The molecule has 0 amide bonds. The van der Waals surface area contributed by atoms with Gasteiger partial charge in [0.2, 0.25) is 0 Å². The SMILES string of the molecule is O=[N+]([O-])c1ncccc1C1CCCCCC1. The number of nitro groups is 1. The molecule has 0 aliphatic heterocycles. The molecule has 0 unspecified atom stereocenters. The van der Waals surface area contributed by atoms with Crippen LogP contribution < -0.4 is 0 Å². The highest BCUT2D eigenvalue weighted by molar-refractivity contribution is 5.35. The lowest BCUT2D eigenvalue weighted by Gasteiger charge is -2.13. The van der Waals surface area contributed by atoms with Crippen LogP contribution in [-0.2, 0) is 0 Å². The first kappa shape index (κ1) is 11.0. The molecule has 16 heavy (non-hydrogen) atoms. The summed E-state index contributed by atoms with van der Waals surface area (Å²) in [5.74, 6) is 0.381. The molecule has 1 aromatic heterocycles. The van der Waals surface area contributed by atoms with Gasteiger partial charge in [0, 0.05) is 0 Å². The lowest BCUT2D eigenvalue weighted by molar-refractivity contribution is -0.390. The topological polar surface area (TPSA) is 56.0 Å². The summed E-state index contributed by atoms with van der Waals surface area (Å²) in [4.78, 5) is 14.4. The second-order valence-electron chi connectivity index (χ2n) is 4.36. The summed E-state index contributed by atoms with van der Waals surface area (Å²) >= 11 is 0. The van der Waals surface area contributed by atoms with E-state index in [1.807, 2.05) is 6.07 Å². The van der Waals surface area contributed by atoms with Crippen LogP contribution in [0.4, 0.5) is 5.82 Å². The largest absolute Gasteiger partial charge is 0.366 e. The second kappa shape index (κ2) is 5.05. The summed E-state index contributed by atoms with van der Waals surface area (Å²) in [6.07, 6.45) is 8.49. The van der Waals surface area contributed by atoms with Gasteiger partial charge in [-0.1, -0.05) is 25.7 Å². The third-order valence-electron chi connectivity index (χ3n) is 3.28. The Morgan fingerprint density at radius 3 is 2.56 bits per heavy atom. The molecule has 1 saturated carbocycles. The Hall–Kier alpha value is -1.45. The van der Waals surface area contributed by atoms with Crippen molar-refractivity contribution in [3.63, 3.8) is 0 Å². The standard InChI is InChI=1S/C12H16N2O2/c15-14(16)12-11(8-5-9-13-12)10-6-3-1-2-4-7-10/h5,8-10H,1-4,6-7H2. The first-order chi connectivity index (χ1) is 7.79. The van der Waals surface area contributed by atoms with Crippen LogP contribution in [0.3, 0.4) is 0 Å². The molecule has 0 aromatic carbocycles. The van der Waals surface area contributed by atoms with E-state index < -0.39 is 0 Å². The number of hydrogen-bond donors (Lipinski definition) is 0. The van der Waals surface area contributed by atoms with E-state index in [2.05, 4.69) is 4.98 Å². The van der Waals surface area contributed by atoms with Crippen LogP contribution >= 0.6 is 0 Å². The average molecular weight is 220 g/mol. The molecule has 0 saturated heterocycles. The number of nitrogens with zero attached hydrogens (tertiary/aromatic N) is 2. The van der Waals surface area contributed by atoms with Crippen molar-refractivity contribution in [1.29, 1.82) is 0 Å². The van der Waals surface area contributed by atoms with Crippen molar-refractivity contribution in [2.45, 2.75) is 44.4 Å². The first-order valence-electron chi connectivity index (χ1n) is 5.88. The maximum atomic E-state index is 10.9. The van der Waals surface area contributed by atoms with E-state index in [0.717, 1.165) is 18.4 Å². The molecule has 1 aliphatic rings. The van der Waals surface area contributed by atoms with Gasteiger partial charge in [0.1, 0.15) is 6.20 Å². The van der Waals surface area contributed by atoms with Crippen molar-refractivity contribution in [3.05, 3.63) is 34.0 Å². The van der Waals surface area contributed by atoms with Gasteiger partial charge < -0.3 is 10.1 Å². The fourth-order valence-corrected chi connectivity index (χ4v) is 2.47. The normalized spacial score (nSPS) is 18.0. The smallest absolute Gasteiger partial charge is 0.358 e. The Morgan fingerprint density at radius 1 is 1.25 bits per heavy atom. The molecule has 0 radical (unpaired) electrons. The minimum absolute atomic E-state index is 0.0504. The zero-order valence-corrected chi connectivity index (χ0v) is 9.26. The highest BCUT2D eigenvalue weighted by atomic mass is 16.6. The summed E-state index contributed by atoms with van der Waals surface area (Å²) in [5, 5.41) is 10.9. The lowest BCUT2D eigenvalue weighted by atomic mass is 9.92. The fourth-order valence-electron chi connectivity index (χ4n) is 2.47. The molecule has 1 aliphatic carbocycles. The van der Waals surface area contributed by atoms with Gasteiger partial charge in [-0.05, 0) is 40.8 Å². The van der Waals surface area contributed by atoms with E-state index in [-0.39, 0.29) is 10.7 Å². The van der Waals surface area contributed by atoms with Crippen molar-refractivity contribution in [2.24, 2.45) is 0 Å². The minimum atomic E-state index is -0.361. The maximum Gasteiger partial charge on any atom is 0.366 e. The number of aromatic nitrogens is 1. The Balaban J connectivity index is 2.27. The van der Waals surface area contributed by atoms with Gasteiger partial charge in [-0.15, -0.1) is 0 Å². The molecule has 2 rings (SSSR count). The molecule has 4 heteroatoms. The fraction of sp³-hybridized carbons (Fsp3) is 0.583. The summed E-state index contributed by atoms with van der Waals surface area (Å²) in [5.41, 5.74) is 0.828. The van der Waals surface area contributed by atoms with Crippen LogP contribution in [0.1, 0.15) is 50.0 Å². The van der Waals surface area contributed by atoms with Gasteiger partial charge in [-0.25, -0.2) is 0 Å². The average Bonchev–Trinajstić information content (AvgIpc) is 2.57. The Labute approximate surface area is 94.9 Å². The Bertz CT molecular complexity index is 371. The van der Waals surface area contributed by atoms with Crippen LogP contribution in [0, 0.1) is 10.1 Å². The molecule has 1 fully saturated rings. The summed E-state index contributed by atoms with van der Waals surface area (Å²) in [7, 11) is 0. The van der Waals surface area contributed by atoms with Crippen LogP contribution in [0.25, 0.3) is 0 Å². The van der Waals surface area contributed by atoms with E-state index >= 15 is 0 Å². The second-order valence-corrected chi connectivity index (χ2v) is 4.36. The van der Waals surface area contributed by atoms with Gasteiger partial charge >= 0.3 is 5.82 Å². The predicted octanol–water partition coefficient (Wildman–Crippen LogP) is 3.43. The number of hydrogen-bond acceptors (Lipinski definition) is 3. The molecule has 4 nitrogen and oxygen atoms in total. The third kappa shape index (κ3) is 2.38. The Morgan fingerprint density at radius 2 is 1.94 bits per heavy atom. The molecule has 1 aromatic rings. The monoisotopic (exact) mass is 220 g/mol. The first-order valence-corrected chi connectivity index (χ1v) is 5.88. The summed E-state index contributed by atoms with van der Waals surface area (Å²) in [6, 6.07) is 3.66. The van der Waals surface area contributed by atoms with E-state index in [0.29, 0.717) is 5.92 Å². The van der Waals surface area contributed by atoms with Crippen molar-refractivity contribution >= 4 is 5.82 Å². The predicted molar refractivity (Wildman–Crippen MR) is 61.3 cm³/mol. The van der Waals surface area contributed by atoms with Gasteiger partial charge in [-0.2, -0.15) is 0 Å². The quantitative estimate of drug-likeness (QED) is 0.436. The number of rotatable bonds is 2.